The SMILES string of the molecule is COc1ccc(C)cc1CCNC(=O)CC(C)C1CCCNC1.Cl. The fourth-order valence-electron chi connectivity index (χ4n) is 3.34. The predicted molar refractivity (Wildman–Crippen MR) is 101 cm³/mol. The van der Waals surface area contributed by atoms with Crippen molar-refractivity contribution in [3.05, 3.63) is 29.3 Å². The Morgan fingerprint density at radius 2 is 2.25 bits per heavy atom. The Bertz CT molecular complexity index is 516. The highest BCUT2D eigenvalue weighted by molar-refractivity contribution is 5.85. The van der Waals surface area contributed by atoms with Gasteiger partial charge in [0.05, 0.1) is 7.11 Å². The summed E-state index contributed by atoms with van der Waals surface area (Å²) in [7, 11) is 1.69. The van der Waals surface area contributed by atoms with E-state index in [9.17, 15) is 4.79 Å². The highest BCUT2D eigenvalue weighted by atomic mass is 35.5. The second-order valence-corrected chi connectivity index (χ2v) is 6.70. The van der Waals surface area contributed by atoms with Crippen molar-refractivity contribution in [2.45, 2.75) is 39.5 Å². The predicted octanol–water partition coefficient (Wildman–Crippen LogP) is 3.11. The van der Waals surface area contributed by atoms with E-state index in [1.807, 2.05) is 12.1 Å². The highest BCUT2D eigenvalue weighted by Gasteiger charge is 2.21. The first-order chi connectivity index (χ1) is 11.1. The molecule has 0 aliphatic carbocycles. The van der Waals surface area contributed by atoms with Crippen LogP contribution in [-0.2, 0) is 11.2 Å². The van der Waals surface area contributed by atoms with Gasteiger partial charge in [-0.1, -0.05) is 24.6 Å². The number of aryl methyl sites for hydroxylation is 1. The maximum absolute atomic E-state index is 12.1. The number of nitrogens with one attached hydrogen (secondary N) is 2. The summed E-state index contributed by atoms with van der Waals surface area (Å²) in [6.07, 6.45) is 3.89. The molecule has 1 aromatic rings. The molecule has 1 saturated heterocycles. The van der Waals surface area contributed by atoms with Gasteiger partial charge < -0.3 is 15.4 Å². The average molecular weight is 355 g/mol. The Hall–Kier alpha value is -1.26. The lowest BCUT2D eigenvalue weighted by Crippen LogP contribution is -2.36. The molecular weight excluding hydrogens is 324 g/mol. The van der Waals surface area contributed by atoms with Crippen LogP contribution in [0.4, 0.5) is 0 Å². The van der Waals surface area contributed by atoms with Crippen LogP contribution in [0.25, 0.3) is 0 Å². The van der Waals surface area contributed by atoms with Crippen LogP contribution in [0.1, 0.15) is 37.3 Å². The molecule has 2 unspecified atom stereocenters. The summed E-state index contributed by atoms with van der Waals surface area (Å²) >= 11 is 0. The van der Waals surface area contributed by atoms with Crippen molar-refractivity contribution in [2.75, 3.05) is 26.7 Å². The van der Waals surface area contributed by atoms with Gasteiger partial charge in [-0.15, -0.1) is 12.4 Å². The van der Waals surface area contributed by atoms with Crippen LogP contribution in [0.15, 0.2) is 18.2 Å². The number of carbonyl (C=O) groups is 1. The minimum absolute atomic E-state index is 0. The van der Waals surface area contributed by atoms with Crippen molar-refractivity contribution in [1.29, 1.82) is 0 Å². The summed E-state index contributed by atoms with van der Waals surface area (Å²) in [6.45, 7) is 7.10. The molecule has 1 heterocycles. The standard InChI is InChI=1S/C19H30N2O2.ClH/c1-14-6-7-18(23-3)16(11-14)8-10-21-19(22)12-15(2)17-5-4-9-20-13-17;/h6-7,11,15,17,20H,4-5,8-10,12-13H2,1-3H3,(H,21,22);1H. The van der Waals surface area contributed by atoms with E-state index in [4.69, 9.17) is 4.74 Å². The number of piperidine rings is 1. The Kier molecular flexibility index (Phi) is 9.16. The van der Waals surface area contributed by atoms with Crippen molar-refractivity contribution < 1.29 is 9.53 Å². The molecule has 5 heteroatoms. The number of amides is 1. The van der Waals surface area contributed by atoms with Gasteiger partial charge in [0, 0.05) is 13.0 Å². The molecule has 4 nitrogen and oxygen atoms in total. The molecular formula is C19H31ClN2O2. The van der Waals surface area contributed by atoms with Gasteiger partial charge in [-0.2, -0.15) is 0 Å². The third-order valence-electron chi connectivity index (χ3n) is 4.80. The van der Waals surface area contributed by atoms with E-state index in [0.717, 1.165) is 30.8 Å². The lowest BCUT2D eigenvalue weighted by Gasteiger charge is -2.28. The number of methoxy groups -OCH3 is 1. The van der Waals surface area contributed by atoms with Gasteiger partial charge in [0.25, 0.3) is 0 Å². The van der Waals surface area contributed by atoms with Gasteiger partial charge in [-0.05, 0) is 62.7 Å². The number of hydrogen-bond acceptors (Lipinski definition) is 3. The smallest absolute Gasteiger partial charge is 0.220 e. The van der Waals surface area contributed by atoms with E-state index < -0.39 is 0 Å². The quantitative estimate of drug-likeness (QED) is 0.791. The number of ether oxygens (including phenoxy) is 1. The third kappa shape index (κ3) is 6.33. The molecule has 136 valence electrons. The lowest BCUT2D eigenvalue weighted by atomic mass is 9.85. The number of rotatable bonds is 7. The summed E-state index contributed by atoms with van der Waals surface area (Å²) in [5.41, 5.74) is 2.36. The minimum atomic E-state index is 0. The number of carbonyl (C=O) groups excluding carboxylic acids is 1. The Morgan fingerprint density at radius 3 is 2.92 bits per heavy atom. The normalized spacial score (nSPS) is 18.4. The maximum atomic E-state index is 12.1. The van der Waals surface area contributed by atoms with Gasteiger partial charge in [-0.3, -0.25) is 4.79 Å². The molecule has 0 aromatic heterocycles. The van der Waals surface area contributed by atoms with Crippen molar-refractivity contribution >= 4 is 18.3 Å². The molecule has 0 spiro atoms. The third-order valence-corrected chi connectivity index (χ3v) is 4.80. The molecule has 0 radical (unpaired) electrons. The zero-order valence-corrected chi connectivity index (χ0v) is 15.9. The molecule has 2 rings (SSSR count). The van der Waals surface area contributed by atoms with Crippen LogP contribution < -0.4 is 15.4 Å². The number of benzene rings is 1. The average Bonchev–Trinajstić information content (AvgIpc) is 2.56. The van der Waals surface area contributed by atoms with E-state index in [0.29, 0.717) is 24.8 Å². The van der Waals surface area contributed by atoms with E-state index in [-0.39, 0.29) is 18.3 Å². The van der Waals surface area contributed by atoms with Crippen LogP contribution in [0.3, 0.4) is 0 Å². The monoisotopic (exact) mass is 354 g/mol. The number of halogens is 1. The maximum Gasteiger partial charge on any atom is 0.220 e. The van der Waals surface area contributed by atoms with Crippen LogP contribution in [0.5, 0.6) is 5.75 Å². The highest BCUT2D eigenvalue weighted by Crippen LogP contribution is 2.22. The van der Waals surface area contributed by atoms with Gasteiger partial charge in [0.15, 0.2) is 0 Å². The van der Waals surface area contributed by atoms with Gasteiger partial charge in [0.2, 0.25) is 5.91 Å². The van der Waals surface area contributed by atoms with Crippen molar-refractivity contribution in [3.8, 4) is 5.75 Å². The van der Waals surface area contributed by atoms with Crippen molar-refractivity contribution in [2.24, 2.45) is 11.8 Å². The van der Waals surface area contributed by atoms with E-state index in [1.54, 1.807) is 7.11 Å². The summed E-state index contributed by atoms with van der Waals surface area (Å²) < 4.78 is 5.38. The second-order valence-electron chi connectivity index (χ2n) is 6.70. The second kappa shape index (κ2) is 10.6. The molecule has 2 atom stereocenters. The lowest BCUT2D eigenvalue weighted by molar-refractivity contribution is -0.122. The Labute approximate surface area is 152 Å². The largest absolute Gasteiger partial charge is 0.496 e. The molecule has 1 aliphatic heterocycles. The molecule has 24 heavy (non-hydrogen) atoms. The zero-order chi connectivity index (χ0) is 16.7. The van der Waals surface area contributed by atoms with Gasteiger partial charge in [0.1, 0.15) is 5.75 Å². The molecule has 1 aromatic carbocycles. The summed E-state index contributed by atoms with van der Waals surface area (Å²) in [6, 6.07) is 6.16. The van der Waals surface area contributed by atoms with Crippen LogP contribution in [0.2, 0.25) is 0 Å². The molecule has 0 bridgehead atoms. The number of hydrogen-bond donors (Lipinski definition) is 2. The van der Waals surface area contributed by atoms with Crippen LogP contribution in [-0.4, -0.2) is 32.7 Å². The van der Waals surface area contributed by atoms with Crippen molar-refractivity contribution in [3.63, 3.8) is 0 Å². The van der Waals surface area contributed by atoms with E-state index >= 15 is 0 Å². The Balaban J connectivity index is 0.00000288. The molecule has 1 aliphatic rings. The van der Waals surface area contributed by atoms with Crippen LogP contribution in [0, 0.1) is 18.8 Å². The molecule has 1 amide bonds. The summed E-state index contributed by atoms with van der Waals surface area (Å²) in [5.74, 6) is 2.13. The zero-order valence-electron chi connectivity index (χ0n) is 15.1. The van der Waals surface area contributed by atoms with Crippen molar-refractivity contribution in [1.82, 2.24) is 10.6 Å². The summed E-state index contributed by atoms with van der Waals surface area (Å²) in [4.78, 5) is 12.1. The first kappa shape index (κ1) is 20.8. The van der Waals surface area contributed by atoms with E-state index in [1.165, 1.54) is 18.4 Å². The van der Waals surface area contributed by atoms with Gasteiger partial charge in [-0.25, -0.2) is 0 Å². The topological polar surface area (TPSA) is 50.4 Å². The molecule has 2 N–H and O–H groups in total. The van der Waals surface area contributed by atoms with Crippen LogP contribution >= 0.6 is 12.4 Å². The van der Waals surface area contributed by atoms with Gasteiger partial charge >= 0.3 is 0 Å². The Morgan fingerprint density at radius 1 is 1.46 bits per heavy atom. The summed E-state index contributed by atoms with van der Waals surface area (Å²) in [5, 5.41) is 6.48. The first-order valence-corrected chi connectivity index (χ1v) is 8.71. The van der Waals surface area contributed by atoms with E-state index in [2.05, 4.69) is 30.5 Å². The first-order valence-electron chi connectivity index (χ1n) is 8.71. The molecule has 0 saturated carbocycles. The fraction of sp³-hybridized carbons (Fsp3) is 0.632. The fourth-order valence-corrected chi connectivity index (χ4v) is 3.34. The minimum Gasteiger partial charge on any atom is -0.496 e. The molecule has 1 fully saturated rings.